The zero-order chi connectivity index (χ0) is 17.7. The SMILES string of the molecule is NC(=O)c1ccc(F)c(C2(CF)N=C(N)OC3CC(F)(F)CC32)c1. The zero-order valence-electron chi connectivity index (χ0n) is 12.4. The second-order valence-corrected chi connectivity index (χ2v) is 6.09. The molecule has 3 atom stereocenters. The van der Waals surface area contributed by atoms with E-state index in [1.165, 1.54) is 0 Å². The second kappa shape index (κ2) is 5.35. The quantitative estimate of drug-likeness (QED) is 0.819. The Morgan fingerprint density at radius 3 is 2.71 bits per heavy atom. The third-order valence-electron chi connectivity index (χ3n) is 4.58. The highest BCUT2D eigenvalue weighted by molar-refractivity contribution is 5.93. The summed E-state index contributed by atoms with van der Waals surface area (Å²) in [6.07, 6.45) is -2.48. The Morgan fingerprint density at radius 2 is 2.08 bits per heavy atom. The van der Waals surface area contributed by atoms with Crippen LogP contribution in [0, 0.1) is 11.7 Å². The van der Waals surface area contributed by atoms with Crippen LogP contribution in [0.5, 0.6) is 0 Å². The van der Waals surface area contributed by atoms with E-state index in [0.29, 0.717) is 0 Å². The smallest absolute Gasteiger partial charge is 0.283 e. The van der Waals surface area contributed by atoms with Gasteiger partial charge >= 0.3 is 0 Å². The normalized spacial score (nSPS) is 31.1. The summed E-state index contributed by atoms with van der Waals surface area (Å²) in [4.78, 5) is 15.2. The molecule has 130 valence electrons. The Balaban J connectivity index is 2.19. The molecule has 24 heavy (non-hydrogen) atoms. The van der Waals surface area contributed by atoms with Crippen molar-refractivity contribution < 1.29 is 27.1 Å². The van der Waals surface area contributed by atoms with Crippen LogP contribution in [0.2, 0.25) is 0 Å². The lowest BCUT2D eigenvalue weighted by molar-refractivity contribution is -0.00300. The van der Waals surface area contributed by atoms with Crippen LogP contribution >= 0.6 is 0 Å². The molecular formula is C15H15F4N3O2. The van der Waals surface area contributed by atoms with Crippen LogP contribution in [-0.4, -0.2) is 30.6 Å². The van der Waals surface area contributed by atoms with Crippen LogP contribution in [0.25, 0.3) is 0 Å². The van der Waals surface area contributed by atoms with Crippen molar-refractivity contribution in [2.75, 3.05) is 6.67 Å². The molecule has 9 heteroatoms. The molecule has 4 N–H and O–H groups in total. The molecule has 1 fully saturated rings. The van der Waals surface area contributed by atoms with Gasteiger partial charge < -0.3 is 16.2 Å². The Hall–Kier alpha value is -2.32. The van der Waals surface area contributed by atoms with E-state index < -0.39 is 60.7 Å². The molecule has 1 amide bonds. The van der Waals surface area contributed by atoms with Gasteiger partial charge in [0.25, 0.3) is 11.9 Å². The maximum atomic E-state index is 14.4. The van der Waals surface area contributed by atoms with E-state index in [1.807, 2.05) is 0 Å². The van der Waals surface area contributed by atoms with Crippen LogP contribution in [-0.2, 0) is 10.3 Å². The molecular weight excluding hydrogens is 330 g/mol. The van der Waals surface area contributed by atoms with E-state index in [9.17, 15) is 22.4 Å². The summed E-state index contributed by atoms with van der Waals surface area (Å²) in [6, 6.07) is 2.60. The fourth-order valence-electron chi connectivity index (χ4n) is 3.51. The largest absolute Gasteiger partial charge is 0.461 e. The van der Waals surface area contributed by atoms with Gasteiger partial charge in [-0.15, -0.1) is 0 Å². The van der Waals surface area contributed by atoms with Gasteiger partial charge in [-0.1, -0.05) is 0 Å². The average molecular weight is 345 g/mol. The van der Waals surface area contributed by atoms with Crippen molar-refractivity contribution in [2.24, 2.45) is 22.4 Å². The van der Waals surface area contributed by atoms with Crippen LogP contribution in [0.15, 0.2) is 23.2 Å². The predicted octanol–water partition coefficient (Wildman–Crippen LogP) is 1.85. The van der Waals surface area contributed by atoms with Gasteiger partial charge in [-0.25, -0.2) is 22.6 Å². The fraction of sp³-hybridized carbons (Fsp3) is 0.467. The summed E-state index contributed by atoms with van der Waals surface area (Å²) < 4.78 is 61.2. The lowest BCUT2D eigenvalue weighted by Gasteiger charge is -2.40. The van der Waals surface area contributed by atoms with Crippen LogP contribution < -0.4 is 11.5 Å². The van der Waals surface area contributed by atoms with Crippen LogP contribution in [0.3, 0.4) is 0 Å². The van der Waals surface area contributed by atoms with Gasteiger partial charge in [0.2, 0.25) is 5.91 Å². The predicted molar refractivity (Wildman–Crippen MR) is 76.7 cm³/mol. The molecule has 0 radical (unpaired) electrons. The number of alkyl halides is 3. The number of benzene rings is 1. The Kier molecular flexibility index (Phi) is 3.69. The number of rotatable bonds is 3. The van der Waals surface area contributed by atoms with Gasteiger partial charge in [-0.3, -0.25) is 4.79 Å². The Bertz CT molecular complexity index is 725. The number of hydrogen-bond donors (Lipinski definition) is 2. The Labute approximate surface area is 134 Å². The van der Waals surface area contributed by atoms with Crippen molar-refractivity contribution in [1.82, 2.24) is 0 Å². The number of aliphatic imine (C=N–C) groups is 1. The number of ether oxygens (including phenoxy) is 1. The highest BCUT2D eigenvalue weighted by Gasteiger charge is 2.60. The molecule has 1 aromatic rings. The highest BCUT2D eigenvalue weighted by Crippen LogP contribution is 2.52. The van der Waals surface area contributed by atoms with E-state index in [-0.39, 0.29) is 11.1 Å². The van der Waals surface area contributed by atoms with E-state index >= 15 is 0 Å². The maximum Gasteiger partial charge on any atom is 0.283 e. The molecule has 1 heterocycles. The number of nitrogens with two attached hydrogens (primary N) is 2. The molecule has 3 rings (SSSR count). The number of hydrogen-bond acceptors (Lipinski definition) is 4. The minimum absolute atomic E-state index is 0.0826. The summed E-state index contributed by atoms with van der Waals surface area (Å²) in [7, 11) is 0. The van der Waals surface area contributed by atoms with E-state index in [0.717, 1.165) is 18.2 Å². The molecule has 3 unspecified atom stereocenters. The molecule has 0 spiro atoms. The van der Waals surface area contributed by atoms with Crippen molar-refractivity contribution in [2.45, 2.75) is 30.4 Å². The molecule has 0 saturated heterocycles. The molecule has 0 bridgehead atoms. The van der Waals surface area contributed by atoms with E-state index in [2.05, 4.69) is 4.99 Å². The molecule has 1 saturated carbocycles. The van der Waals surface area contributed by atoms with Gasteiger partial charge in [0.05, 0.1) is 0 Å². The lowest BCUT2D eigenvalue weighted by atomic mass is 9.76. The van der Waals surface area contributed by atoms with Crippen LogP contribution in [0.1, 0.15) is 28.8 Å². The first-order chi connectivity index (χ1) is 11.2. The zero-order valence-corrected chi connectivity index (χ0v) is 12.4. The lowest BCUT2D eigenvalue weighted by Crippen LogP contribution is -2.48. The standard InChI is InChI=1S/C15H15F4N3O2/c16-6-15(8-3-7(12(20)23)1-2-10(8)17)9-4-14(18,19)5-11(9)24-13(21)22-15/h1-3,9,11H,4-6H2,(H2,20,23)(H2,21,22). The fourth-order valence-corrected chi connectivity index (χ4v) is 3.51. The molecule has 1 aliphatic heterocycles. The maximum absolute atomic E-state index is 14.4. The third kappa shape index (κ3) is 2.47. The molecule has 0 aromatic heterocycles. The summed E-state index contributed by atoms with van der Waals surface area (Å²) in [6.45, 7) is -1.27. The minimum atomic E-state index is -3.10. The van der Waals surface area contributed by atoms with Gasteiger partial charge in [0, 0.05) is 29.9 Å². The first-order valence-electron chi connectivity index (χ1n) is 7.24. The number of amidine groups is 1. The number of carbonyl (C=O) groups excluding carboxylic acids is 1. The summed E-state index contributed by atoms with van der Waals surface area (Å²) in [5, 5.41) is 0. The van der Waals surface area contributed by atoms with Crippen molar-refractivity contribution in [3.8, 4) is 0 Å². The monoisotopic (exact) mass is 345 g/mol. The molecule has 1 aliphatic carbocycles. The number of nitrogens with zero attached hydrogens (tertiary/aromatic N) is 1. The number of carbonyl (C=O) groups is 1. The van der Waals surface area contributed by atoms with Crippen molar-refractivity contribution in [1.29, 1.82) is 0 Å². The van der Waals surface area contributed by atoms with Gasteiger partial charge in [0.1, 0.15) is 24.1 Å². The first-order valence-corrected chi connectivity index (χ1v) is 7.24. The topological polar surface area (TPSA) is 90.7 Å². The van der Waals surface area contributed by atoms with Crippen LogP contribution in [0.4, 0.5) is 17.6 Å². The van der Waals surface area contributed by atoms with Gasteiger partial charge in [-0.05, 0) is 18.2 Å². The highest BCUT2D eigenvalue weighted by atomic mass is 19.3. The summed E-state index contributed by atoms with van der Waals surface area (Å²) in [5.74, 6) is -5.97. The first kappa shape index (κ1) is 16.5. The minimum Gasteiger partial charge on any atom is -0.461 e. The number of halogens is 4. The van der Waals surface area contributed by atoms with Gasteiger partial charge in [0.15, 0.2) is 0 Å². The summed E-state index contributed by atoms with van der Waals surface area (Å²) in [5.41, 5.74) is 8.28. The molecule has 5 nitrogen and oxygen atoms in total. The third-order valence-corrected chi connectivity index (χ3v) is 4.58. The number of amides is 1. The van der Waals surface area contributed by atoms with Gasteiger partial charge in [-0.2, -0.15) is 0 Å². The van der Waals surface area contributed by atoms with E-state index in [1.54, 1.807) is 0 Å². The molecule has 1 aromatic carbocycles. The van der Waals surface area contributed by atoms with Crippen molar-refractivity contribution in [3.05, 3.63) is 35.1 Å². The van der Waals surface area contributed by atoms with Crippen molar-refractivity contribution >= 4 is 11.9 Å². The Morgan fingerprint density at radius 1 is 1.38 bits per heavy atom. The number of primary amides is 1. The number of fused-ring (bicyclic) bond motifs is 1. The molecule has 2 aliphatic rings. The van der Waals surface area contributed by atoms with E-state index in [4.69, 9.17) is 16.2 Å². The summed E-state index contributed by atoms with van der Waals surface area (Å²) >= 11 is 0. The second-order valence-electron chi connectivity index (χ2n) is 6.09. The average Bonchev–Trinajstić information content (AvgIpc) is 2.80. The van der Waals surface area contributed by atoms with Crippen molar-refractivity contribution in [3.63, 3.8) is 0 Å².